The van der Waals surface area contributed by atoms with Gasteiger partial charge in [0.2, 0.25) is 0 Å². The van der Waals surface area contributed by atoms with E-state index < -0.39 is 0 Å². The molecule has 0 aliphatic heterocycles. The lowest BCUT2D eigenvalue weighted by molar-refractivity contribution is -0.137. The highest BCUT2D eigenvalue weighted by Crippen LogP contribution is 2.66. The number of Topliss-reactive ketones (excluding diaryl/α,β-unsaturated/α-hetero) is 1. The molecule has 4 saturated carbocycles. The number of ketones is 1. The lowest BCUT2D eigenvalue weighted by atomic mass is 9.45. The Balaban J connectivity index is 1.65. The van der Waals surface area contributed by atoms with E-state index in [-0.39, 0.29) is 5.41 Å². The van der Waals surface area contributed by atoms with Gasteiger partial charge < -0.3 is 0 Å². The Hall–Kier alpha value is -0.590. The lowest BCUT2D eigenvalue weighted by Gasteiger charge is -2.59. The first-order valence-electron chi connectivity index (χ1n) is 10.6. The van der Waals surface area contributed by atoms with E-state index in [2.05, 4.69) is 33.8 Å². The predicted molar refractivity (Wildman–Crippen MR) is 99.7 cm³/mol. The predicted octanol–water partition coefficient (Wildman–Crippen LogP) is 6.18. The van der Waals surface area contributed by atoms with E-state index in [1.165, 1.54) is 50.5 Å². The van der Waals surface area contributed by atoms with Gasteiger partial charge in [-0.25, -0.2) is 0 Å². The van der Waals surface area contributed by atoms with Crippen molar-refractivity contribution < 1.29 is 4.79 Å². The number of hydrogen-bond acceptors (Lipinski definition) is 1. The summed E-state index contributed by atoms with van der Waals surface area (Å²) >= 11 is 0. The van der Waals surface area contributed by atoms with Crippen LogP contribution < -0.4 is 0 Å². The van der Waals surface area contributed by atoms with Crippen molar-refractivity contribution in [2.75, 3.05) is 0 Å². The van der Waals surface area contributed by atoms with Gasteiger partial charge in [-0.3, -0.25) is 4.79 Å². The first kappa shape index (κ1) is 16.9. The Morgan fingerprint density at radius 2 is 1.79 bits per heavy atom. The average Bonchev–Trinajstić information content (AvgIpc) is 2.78. The van der Waals surface area contributed by atoms with E-state index in [1.54, 1.807) is 0 Å². The smallest absolute Gasteiger partial charge is 0.164 e. The van der Waals surface area contributed by atoms with Crippen LogP contribution in [0.2, 0.25) is 0 Å². The van der Waals surface area contributed by atoms with E-state index in [1.807, 2.05) is 0 Å². The summed E-state index contributed by atoms with van der Waals surface area (Å²) in [6, 6.07) is 0. The van der Waals surface area contributed by atoms with Crippen LogP contribution in [-0.4, -0.2) is 5.78 Å². The number of allylic oxidation sites excluding steroid dienone is 2. The van der Waals surface area contributed by atoms with Crippen LogP contribution in [0, 0.1) is 40.4 Å². The Labute approximate surface area is 148 Å². The fraction of sp³-hybridized carbons (Fsp3) is 0.870. The van der Waals surface area contributed by atoms with Crippen LogP contribution >= 0.6 is 0 Å². The van der Waals surface area contributed by atoms with Crippen molar-refractivity contribution in [2.45, 2.75) is 85.5 Å². The fourth-order valence-corrected chi connectivity index (χ4v) is 7.52. The minimum absolute atomic E-state index is 0.0419. The molecule has 134 valence electrons. The zero-order valence-electron chi connectivity index (χ0n) is 16.2. The monoisotopic (exact) mass is 328 g/mol. The zero-order chi connectivity index (χ0) is 17.1. The molecule has 0 aromatic rings. The molecule has 4 rings (SSSR count). The normalized spacial score (nSPS) is 49.9. The molecule has 4 aliphatic carbocycles. The summed E-state index contributed by atoms with van der Waals surface area (Å²) in [4.78, 5) is 13.2. The Morgan fingerprint density at radius 3 is 2.54 bits per heavy atom. The minimum Gasteiger partial charge on any atom is -0.294 e. The Kier molecular flexibility index (Phi) is 4.01. The number of fused-ring (bicyclic) bond motifs is 5. The molecule has 24 heavy (non-hydrogen) atoms. The van der Waals surface area contributed by atoms with Crippen molar-refractivity contribution in [1.82, 2.24) is 0 Å². The first-order chi connectivity index (χ1) is 11.4. The molecule has 0 amide bonds. The van der Waals surface area contributed by atoms with E-state index in [0.29, 0.717) is 23.0 Å². The molecule has 1 nitrogen and oxygen atoms in total. The van der Waals surface area contributed by atoms with E-state index >= 15 is 0 Å². The quantitative estimate of drug-likeness (QED) is 0.525. The van der Waals surface area contributed by atoms with Gasteiger partial charge in [0.15, 0.2) is 5.78 Å². The van der Waals surface area contributed by atoms with Gasteiger partial charge in [0.25, 0.3) is 0 Å². The molecular weight excluding hydrogens is 292 g/mol. The Morgan fingerprint density at radius 1 is 1.00 bits per heavy atom. The third kappa shape index (κ3) is 2.29. The molecule has 4 aliphatic rings. The van der Waals surface area contributed by atoms with Gasteiger partial charge >= 0.3 is 0 Å². The van der Waals surface area contributed by atoms with Gasteiger partial charge in [0.1, 0.15) is 0 Å². The number of carbonyl (C=O) groups is 1. The van der Waals surface area contributed by atoms with Gasteiger partial charge in [-0.05, 0) is 85.5 Å². The average molecular weight is 329 g/mol. The van der Waals surface area contributed by atoms with Crippen molar-refractivity contribution in [2.24, 2.45) is 40.4 Å². The lowest BCUT2D eigenvalue weighted by Crippen LogP contribution is -2.52. The van der Waals surface area contributed by atoms with Gasteiger partial charge in [-0.2, -0.15) is 0 Å². The molecule has 0 spiro atoms. The fourth-order valence-electron chi connectivity index (χ4n) is 7.52. The molecule has 0 saturated heterocycles. The van der Waals surface area contributed by atoms with Crippen LogP contribution in [-0.2, 0) is 4.79 Å². The van der Waals surface area contributed by atoms with Gasteiger partial charge in [0.05, 0.1) is 0 Å². The highest BCUT2D eigenvalue weighted by atomic mass is 16.1. The second kappa shape index (κ2) is 5.71. The highest BCUT2D eigenvalue weighted by molar-refractivity contribution is 6.02. The van der Waals surface area contributed by atoms with Crippen molar-refractivity contribution in [3.63, 3.8) is 0 Å². The molecule has 0 bridgehead atoms. The molecule has 0 N–H and O–H groups in total. The van der Waals surface area contributed by atoms with Crippen LogP contribution in [0.15, 0.2) is 11.6 Å². The minimum atomic E-state index is -0.0419. The summed E-state index contributed by atoms with van der Waals surface area (Å²) in [5, 5.41) is 0. The summed E-state index contributed by atoms with van der Waals surface area (Å²) in [6.07, 6.45) is 14.5. The maximum Gasteiger partial charge on any atom is 0.164 e. The van der Waals surface area contributed by atoms with Crippen molar-refractivity contribution in [1.29, 1.82) is 0 Å². The molecule has 0 aromatic carbocycles. The molecule has 0 aromatic heterocycles. The maximum atomic E-state index is 13.2. The van der Waals surface area contributed by atoms with Crippen LogP contribution in [0.25, 0.3) is 0 Å². The van der Waals surface area contributed by atoms with Crippen LogP contribution in [0.4, 0.5) is 0 Å². The third-order valence-electron chi connectivity index (χ3n) is 8.76. The highest BCUT2D eigenvalue weighted by Gasteiger charge is 2.60. The molecule has 0 heterocycles. The van der Waals surface area contributed by atoms with E-state index in [0.717, 1.165) is 30.6 Å². The Bertz CT molecular complexity index is 558. The summed E-state index contributed by atoms with van der Waals surface area (Å²) in [5.41, 5.74) is 1.71. The zero-order valence-corrected chi connectivity index (χ0v) is 16.2. The van der Waals surface area contributed by atoms with Gasteiger partial charge in [0, 0.05) is 5.41 Å². The first-order valence-corrected chi connectivity index (χ1v) is 10.6. The summed E-state index contributed by atoms with van der Waals surface area (Å²) in [6.45, 7) is 9.36. The van der Waals surface area contributed by atoms with E-state index in [9.17, 15) is 4.79 Å². The largest absolute Gasteiger partial charge is 0.294 e. The van der Waals surface area contributed by atoms with Crippen LogP contribution in [0.3, 0.4) is 0 Å². The molecule has 0 radical (unpaired) electrons. The van der Waals surface area contributed by atoms with Crippen molar-refractivity contribution in [3.8, 4) is 0 Å². The molecule has 1 heteroatoms. The summed E-state index contributed by atoms with van der Waals surface area (Å²) in [7, 11) is 0. The molecular formula is C23H36O. The standard InChI is InChI=1S/C23H36O/c1-15(2)13-16-14-20-18-9-8-17-7-5-6-11-22(17,3)19(18)10-12-23(20,4)21(16)24/h13,15,17-20H,5-12,14H2,1-4H3/b16-13+/t17-,18+,19-,20+,22-,23-/m0/s1. The number of hydrogen-bond donors (Lipinski definition) is 0. The summed E-state index contributed by atoms with van der Waals surface area (Å²) in [5.74, 6) is 4.31. The van der Waals surface area contributed by atoms with E-state index in [4.69, 9.17) is 0 Å². The van der Waals surface area contributed by atoms with Crippen molar-refractivity contribution in [3.05, 3.63) is 11.6 Å². The maximum absolute atomic E-state index is 13.2. The second-order valence-electron chi connectivity index (χ2n) is 10.3. The molecule has 4 fully saturated rings. The molecule has 6 atom stereocenters. The summed E-state index contributed by atoms with van der Waals surface area (Å²) < 4.78 is 0. The molecule has 0 unspecified atom stereocenters. The van der Waals surface area contributed by atoms with Crippen molar-refractivity contribution >= 4 is 5.78 Å². The second-order valence-corrected chi connectivity index (χ2v) is 10.3. The number of rotatable bonds is 1. The van der Waals surface area contributed by atoms with Crippen LogP contribution in [0.5, 0.6) is 0 Å². The van der Waals surface area contributed by atoms with Crippen LogP contribution in [0.1, 0.15) is 85.5 Å². The number of carbonyl (C=O) groups excluding carboxylic acids is 1. The van der Waals surface area contributed by atoms with Gasteiger partial charge in [-0.1, -0.05) is 46.6 Å². The third-order valence-corrected chi connectivity index (χ3v) is 8.76. The van der Waals surface area contributed by atoms with Gasteiger partial charge in [-0.15, -0.1) is 0 Å². The SMILES string of the molecule is CC(C)/C=C1\C[C@@H]2[C@@H]3CC[C@@H]4CCCC[C@]4(C)[C@H]3CC[C@]2(C)C1=O. The topological polar surface area (TPSA) is 17.1 Å².